The number of likely N-dealkylation sites (N-methyl/N-ethyl adjacent to an activating group) is 1. The van der Waals surface area contributed by atoms with Gasteiger partial charge in [-0.2, -0.15) is 0 Å². The molecule has 0 aromatic heterocycles. The lowest BCUT2D eigenvalue weighted by Gasteiger charge is -2.29. The van der Waals surface area contributed by atoms with Gasteiger partial charge in [-0.1, -0.05) is 314 Å². The Morgan fingerprint density at radius 2 is 0.747 bits per heavy atom. The molecule has 0 spiro atoms. The number of hydrogen-bond donors (Lipinski definition) is 2. The molecule has 0 rings (SSSR count). The average Bonchev–Trinajstić information content (AvgIpc) is 3.37. The van der Waals surface area contributed by atoms with Gasteiger partial charge in [-0.15, -0.1) is 0 Å². The summed E-state index contributed by atoms with van der Waals surface area (Å²) in [5, 5.41) is 13.8. The summed E-state index contributed by atoms with van der Waals surface area (Å²) >= 11 is 0. The summed E-state index contributed by atoms with van der Waals surface area (Å²) in [5.74, 6) is -0.206. The molecular weight excluding hydrogens is 948 g/mol. The second-order valence-corrected chi connectivity index (χ2v) is 25.2. The van der Waals surface area contributed by atoms with Crippen LogP contribution in [0.4, 0.5) is 0 Å². The van der Waals surface area contributed by atoms with E-state index in [1.807, 2.05) is 27.2 Å². The molecular formula is C66H129N2O6P. The zero-order chi connectivity index (χ0) is 54.9. The van der Waals surface area contributed by atoms with E-state index in [4.69, 9.17) is 9.05 Å². The maximum atomic E-state index is 13.0. The molecule has 9 heteroatoms. The lowest BCUT2D eigenvalue weighted by atomic mass is 10.0. The largest absolute Gasteiger partial charge is 0.756 e. The van der Waals surface area contributed by atoms with Crippen LogP contribution in [0.3, 0.4) is 0 Å². The van der Waals surface area contributed by atoms with Gasteiger partial charge < -0.3 is 28.8 Å². The predicted molar refractivity (Wildman–Crippen MR) is 325 cm³/mol. The highest BCUT2D eigenvalue weighted by molar-refractivity contribution is 7.45. The fourth-order valence-corrected chi connectivity index (χ4v) is 10.7. The number of aliphatic hydroxyl groups is 1. The van der Waals surface area contributed by atoms with Gasteiger partial charge in [0.1, 0.15) is 13.2 Å². The average molecular weight is 1080 g/mol. The number of carbonyl (C=O) groups is 1. The van der Waals surface area contributed by atoms with E-state index < -0.39 is 26.6 Å². The summed E-state index contributed by atoms with van der Waals surface area (Å²) in [6, 6.07) is -0.907. The summed E-state index contributed by atoms with van der Waals surface area (Å²) in [6.45, 7) is 4.63. The molecule has 0 saturated carbocycles. The second kappa shape index (κ2) is 57.4. The van der Waals surface area contributed by atoms with Gasteiger partial charge in [0.25, 0.3) is 7.82 Å². The normalized spacial score (nSPS) is 14.0. The highest BCUT2D eigenvalue weighted by Crippen LogP contribution is 2.38. The standard InChI is InChI=1S/C66H129N2O6P/c1-6-8-10-12-14-16-18-20-22-23-24-25-26-27-28-29-30-31-32-33-34-35-36-37-38-39-40-41-42-43-44-45-46-48-50-52-54-56-58-60-66(70)67-64(63-74-75(71,72)73-62-61-68(3,4)5)65(69)59-57-55-53-51-49-47-21-19-17-15-13-11-9-7-2/h17,19,49,51,57,59,64-65,69H,6-16,18,20-48,50,52-56,58,60-63H2,1-5H3,(H-,67,70,71,72)/b19-17+,51-49+,59-57+. The number of hydrogen-bond acceptors (Lipinski definition) is 6. The number of amides is 1. The number of aliphatic hydroxyl groups excluding tert-OH is 1. The number of phosphoric ester groups is 1. The van der Waals surface area contributed by atoms with Crippen molar-refractivity contribution in [3.63, 3.8) is 0 Å². The molecule has 0 aliphatic rings. The number of nitrogens with zero attached hydrogens (tertiary/aromatic N) is 1. The van der Waals surface area contributed by atoms with E-state index in [-0.39, 0.29) is 12.5 Å². The van der Waals surface area contributed by atoms with E-state index in [0.717, 1.165) is 44.9 Å². The molecule has 444 valence electrons. The van der Waals surface area contributed by atoms with Crippen LogP contribution in [0.15, 0.2) is 36.5 Å². The summed E-state index contributed by atoms with van der Waals surface area (Å²) in [5.41, 5.74) is 0. The van der Waals surface area contributed by atoms with Crippen LogP contribution in [0.25, 0.3) is 0 Å². The smallest absolute Gasteiger partial charge is 0.268 e. The minimum absolute atomic E-state index is 0.00754. The van der Waals surface area contributed by atoms with Crippen molar-refractivity contribution in [2.24, 2.45) is 0 Å². The third-order valence-electron chi connectivity index (χ3n) is 15.1. The molecule has 0 aromatic rings. The first-order valence-electron chi connectivity index (χ1n) is 32.9. The first-order chi connectivity index (χ1) is 36.5. The molecule has 0 bridgehead atoms. The fraction of sp³-hybridized carbons (Fsp3) is 0.894. The van der Waals surface area contributed by atoms with E-state index in [0.29, 0.717) is 17.4 Å². The van der Waals surface area contributed by atoms with E-state index >= 15 is 0 Å². The van der Waals surface area contributed by atoms with Crippen molar-refractivity contribution >= 4 is 13.7 Å². The van der Waals surface area contributed by atoms with E-state index in [9.17, 15) is 19.4 Å². The van der Waals surface area contributed by atoms with Crippen LogP contribution in [-0.2, 0) is 18.4 Å². The molecule has 1 amide bonds. The van der Waals surface area contributed by atoms with Gasteiger partial charge in [0.2, 0.25) is 5.91 Å². The number of nitrogens with one attached hydrogen (secondary N) is 1. The molecule has 0 aliphatic heterocycles. The van der Waals surface area contributed by atoms with Crippen LogP contribution < -0.4 is 10.2 Å². The first-order valence-corrected chi connectivity index (χ1v) is 34.3. The molecule has 0 aliphatic carbocycles. The topological polar surface area (TPSA) is 108 Å². The number of quaternary nitrogens is 1. The maximum Gasteiger partial charge on any atom is 0.268 e. The quantitative estimate of drug-likeness (QED) is 0.0272. The number of carbonyl (C=O) groups excluding carboxylic acids is 1. The Hall–Kier alpha value is -1.28. The van der Waals surface area contributed by atoms with Gasteiger partial charge in [-0.25, -0.2) is 0 Å². The van der Waals surface area contributed by atoms with Crippen molar-refractivity contribution in [3.05, 3.63) is 36.5 Å². The van der Waals surface area contributed by atoms with Crippen molar-refractivity contribution in [2.45, 2.75) is 341 Å². The molecule has 0 fully saturated rings. The lowest BCUT2D eigenvalue weighted by Crippen LogP contribution is -2.45. The van der Waals surface area contributed by atoms with Crippen LogP contribution in [-0.4, -0.2) is 68.5 Å². The highest BCUT2D eigenvalue weighted by atomic mass is 31.2. The minimum Gasteiger partial charge on any atom is -0.756 e. The maximum absolute atomic E-state index is 13.0. The van der Waals surface area contributed by atoms with Crippen molar-refractivity contribution in [2.75, 3.05) is 40.9 Å². The van der Waals surface area contributed by atoms with Crippen molar-refractivity contribution in [1.29, 1.82) is 0 Å². The number of allylic oxidation sites excluding steroid dienone is 5. The van der Waals surface area contributed by atoms with E-state index in [1.54, 1.807) is 6.08 Å². The van der Waals surface area contributed by atoms with Crippen molar-refractivity contribution in [3.8, 4) is 0 Å². The van der Waals surface area contributed by atoms with E-state index in [1.165, 1.54) is 263 Å². The van der Waals surface area contributed by atoms with Gasteiger partial charge in [0.15, 0.2) is 0 Å². The number of rotatable bonds is 61. The predicted octanol–water partition coefficient (Wildman–Crippen LogP) is 19.9. The number of phosphoric acid groups is 1. The first kappa shape index (κ1) is 73.7. The summed E-state index contributed by atoms with van der Waals surface area (Å²) < 4.78 is 23.3. The molecule has 2 N–H and O–H groups in total. The highest BCUT2D eigenvalue weighted by Gasteiger charge is 2.23. The molecule has 8 nitrogen and oxygen atoms in total. The third-order valence-corrected chi connectivity index (χ3v) is 16.0. The van der Waals surface area contributed by atoms with Crippen LogP contribution in [0.2, 0.25) is 0 Å². The minimum atomic E-state index is -4.61. The monoisotopic (exact) mass is 1080 g/mol. The van der Waals surface area contributed by atoms with E-state index in [2.05, 4.69) is 43.5 Å². The molecule has 0 saturated heterocycles. The summed E-state index contributed by atoms with van der Waals surface area (Å²) in [7, 11) is 1.25. The Kier molecular flexibility index (Phi) is 56.4. The Balaban J connectivity index is 3.87. The van der Waals surface area contributed by atoms with Gasteiger partial charge in [-0.3, -0.25) is 9.36 Å². The summed E-state index contributed by atoms with van der Waals surface area (Å²) in [6.07, 6.45) is 75.7. The Morgan fingerprint density at radius 1 is 0.453 bits per heavy atom. The molecule has 0 heterocycles. The Morgan fingerprint density at radius 3 is 1.08 bits per heavy atom. The van der Waals surface area contributed by atoms with Crippen LogP contribution in [0.1, 0.15) is 328 Å². The van der Waals surface area contributed by atoms with Crippen LogP contribution in [0, 0.1) is 0 Å². The van der Waals surface area contributed by atoms with Crippen molar-refractivity contribution < 1.29 is 32.9 Å². The van der Waals surface area contributed by atoms with Gasteiger partial charge in [0, 0.05) is 6.42 Å². The lowest BCUT2D eigenvalue weighted by molar-refractivity contribution is -0.870. The van der Waals surface area contributed by atoms with Crippen LogP contribution in [0.5, 0.6) is 0 Å². The summed E-state index contributed by atoms with van der Waals surface area (Å²) in [4.78, 5) is 25.5. The van der Waals surface area contributed by atoms with Gasteiger partial charge >= 0.3 is 0 Å². The Bertz CT molecular complexity index is 1320. The van der Waals surface area contributed by atoms with Crippen LogP contribution >= 0.6 is 7.82 Å². The third kappa shape index (κ3) is 60.2. The van der Waals surface area contributed by atoms with Gasteiger partial charge in [0.05, 0.1) is 39.9 Å². The molecule has 0 radical (unpaired) electrons. The molecule has 3 unspecified atom stereocenters. The fourth-order valence-electron chi connectivity index (χ4n) is 9.95. The van der Waals surface area contributed by atoms with Crippen molar-refractivity contribution in [1.82, 2.24) is 5.32 Å². The molecule has 75 heavy (non-hydrogen) atoms. The zero-order valence-corrected chi connectivity index (χ0v) is 51.7. The van der Waals surface area contributed by atoms with Gasteiger partial charge in [-0.05, 0) is 44.9 Å². The molecule has 3 atom stereocenters. The molecule has 0 aromatic carbocycles. The second-order valence-electron chi connectivity index (χ2n) is 23.8. The zero-order valence-electron chi connectivity index (χ0n) is 50.8. The Labute approximate surface area is 467 Å². The number of unbranched alkanes of at least 4 members (excludes halogenated alkanes) is 44. The SMILES string of the molecule is CCCCCC/C=C/CC/C=C/CC/C=C/C(O)C(COP(=O)([O-])OCC[N+](C)(C)C)NC(=O)CCCCCCCCCCCCCCCCCCCCCCCCCCCCCCCCCCCCCCCCC.